The highest BCUT2D eigenvalue weighted by Crippen LogP contribution is 2.27. The first-order valence-electron chi connectivity index (χ1n) is 7.45. The summed E-state index contributed by atoms with van der Waals surface area (Å²) in [4.78, 5) is 17.9. The highest BCUT2D eigenvalue weighted by molar-refractivity contribution is 7.99. The fourth-order valence-electron chi connectivity index (χ4n) is 2.37. The van der Waals surface area contributed by atoms with Crippen molar-refractivity contribution in [1.82, 2.24) is 10.3 Å². The monoisotopic (exact) mass is 365 g/mol. The third kappa shape index (κ3) is 4.73. The Bertz CT molecular complexity index is 651. The Morgan fingerprint density at radius 2 is 2.26 bits per heavy atom. The molecule has 2 N–H and O–H groups in total. The molecule has 1 amide bonds. The number of hydrogen-bond acceptors (Lipinski definition) is 6. The maximum absolute atomic E-state index is 12.1. The van der Waals surface area contributed by atoms with E-state index in [-0.39, 0.29) is 11.9 Å². The number of amides is 1. The lowest BCUT2D eigenvalue weighted by molar-refractivity contribution is -0.116. The van der Waals surface area contributed by atoms with Gasteiger partial charge in [-0.25, -0.2) is 4.98 Å². The third-order valence-electron chi connectivity index (χ3n) is 3.57. The minimum Gasteiger partial charge on any atom is -0.312 e. The normalized spacial score (nSPS) is 17.9. The quantitative estimate of drug-likeness (QED) is 0.794. The average molecular weight is 366 g/mol. The van der Waals surface area contributed by atoms with Crippen LogP contribution in [0.3, 0.4) is 0 Å². The predicted molar refractivity (Wildman–Crippen MR) is 102 cm³/mol. The zero-order chi connectivity index (χ0) is 16.1. The fourth-order valence-corrected chi connectivity index (χ4v) is 4.46. The number of thiazole rings is 1. The van der Waals surface area contributed by atoms with E-state index in [1.54, 1.807) is 11.8 Å². The molecule has 0 radical (unpaired) electrons. The second-order valence-corrected chi connectivity index (χ2v) is 8.13. The number of thioether (sulfide) groups is 2. The van der Waals surface area contributed by atoms with Crippen molar-refractivity contribution in [2.45, 2.75) is 17.4 Å². The summed E-state index contributed by atoms with van der Waals surface area (Å²) in [6.07, 6.45) is 2.56. The molecule has 2 aromatic rings. The van der Waals surface area contributed by atoms with E-state index in [0.717, 1.165) is 29.3 Å². The highest BCUT2D eigenvalue weighted by atomic mass is 32.2. The average Bonchev–Trinajstić information content (AvgIpc) is 3.04. The lowest BCUT2D eigenvalue weighted by Crippen LogP contribution is -2.39. The topological polar surface area (TPSA) is 54.0 Å². The number of benzene rings is 1. The maximum atomic E-state index is 12.1. The van der Waals surface area contributed by atoms with Crippen molar-refractivity contribution in [2.75, 3.05) is 29.6 Å². The molecule has 0 bridgehead atoms. The molecule has 1 aromatic carbocycles. The van der Waals surface area contributed by atoms with Crippen LogP contribution in [0.5, 0.6) is 0 Å². The van der Waals surface area contributed by atoms with Gasteiger partial charge in [0.05, 0.1) is 5.69 Å². The molecule has 1 saturated heterocycles. The summed E-state index contributed by atoms with van der Waals surface area (Å²) in [5.41, 5.74) is 1.98. The van der Waals surface area contributed by atoms with E-state index in [2.05, 4.69) is 46.1 Å². The summed E-state index contributed by atoms with van der Waals surface area (Å²) in [7, 11) is 0. The smallest absolute Gasteiger partial charge is 0.227 e. The number of carbonyl (C=O) groups excluding carboxylic acids is 1. The summed E-state index contributed by atoms with van der Waals surface area (Å²) in [6.45, 7) is 0.982. The van der Waals surface area contributed by atoms with Gasteiger partial charge in [0.15, 0.2) is 5.13 Å². The van der Waals surface area contributed by atoms with Crippen LogP contribution in [-0.4, -0.2) is 41.2 Å². The molecule has 7 heteroatoms. The molecular formula is C16H19N3OS3. The number of anilines is 1. The molecule has 2 heterocycles. The molecule has 1 atom stereocenters. The van der Waals surface area contributed by atoms with E-state index >= 15 is 0 Å². The fraction of sp³-hybridized carbons (Fsp3) is 0.375. The first-order valence-corrected chi connectivity index (χ1v) is 10.7. The van der Waals surface area contributed by atoms with E-state index in [1.807, 2.05) is 17.1 Å². The van der Waals surface area contributed by atoms with Crippen LogP contribution in [0.2, 0.25) is 0 Å². The SMILES string of the molecule is CSc1ccc(-c2csc(NC(=O)CC3CSCCN3)n2)cc1. The minimum absolute atomic E-state index is 0.0311. The van der Waals surface area contributed by atoms with E-state index in [1.165, 1.54) is 16.2 Å². The number of nitrogens with zero attached hydrogens (tertiary/aromatic N) is 1. The molecule has 0 spiro atoms. The Kier molecular flexibility index (Phi) is 5.99. The van der Waals surface area contributed by atoms with Gasteiger partial charge in [-0.1, -0.05) is 12.1 Å². The second-order valence-electron chi connectivity index (χ2n) is 5.24. The molecule has 3 rings (SSSR count). The standard InChI is InChI=1S/C16H19N3OS3/c1-21-13-4-2-11(3-5-13)14-10-23-16(18-14)19-15(20)8-12-9-22-7-6-17-12/h2-5,10,12,17H,6-9H2,1H3,(H,18,19,20). The van der Waals surface area contributed by atoms with Crippen LogP contribution in [0.15, 0.2) is 34.5 Å². The first kappa shape index (κ1) is 16.8. The molecule has 122 valence electrons. The second kappa shape index (κ2) is 8.19. The first-order chi connectivity index (χ1) is 11.2. The van der Waals surface area contributed by atoms with Gasteiger partial charge in [0, 0.05) is 46.4 Å². The maximum Gasteiger partial charge on any atom is 0.227 e. The van der Waals surface area contributed by atoms with Crippen LogP contribution >= 0.6 is 34.9 Å². The van der Waals surface area contributed by atoms with Crippen molar-refractivity contribution in [3.8, 4) is 11.3 Å². The van der Waals surface area contributed by atoms with Gasteiger partial charge in [-0.15, -0.1) is 23.1 Å². The van der Waals surface area contributed by atoms with Gasteiger partial charge < -0.3 is 10.6 Å². The number of carbonyl (C=O) groups is 1. The van der Waals surface area contributed by atoms with E-state index in [9.17, 15) is 4.79 Å². The van der Waals surface area contributed by atoms with Crippen molar-refractivity contribution >= 4 is 45.9 Å². The Hall–Kier alpha value is -1.02. The van der Waals surface area contributed by atoms with Crippen LogP contribution < -0.4 is 10.6 Å². The zero-order valence-corrected chi connectivity index (χ0v) is 15.3. The lowest BCUT2D eigenvalue weighted by atomic mass is 10.2. The van der Waals surface area contributed by atoms with E-state index in [4.69, 9.17) is 0 Å². The molecule has 1 aliphatic rings. The lowest BCUT2D eigenvalue weighted by Gasteiger charge is -2.22. The van der Waals surface area contributed by atoms with Crippen LogP contribution in [-0.2, 0) is 4.79 Å². The molecule has 23 heavy (non-hydrogen) atoms. The van der Waals surface area contributed by atoms with E-state index < -0.39 is 0 Å². The van der Waals surface area contributed by atoms with Crippen LogP contribution in [0, 0.1) is 0 Å². The zero-order valence-electron chi connectivity index (χ0n) is 12.9. The van der Waals surface area contributed by atoms with Crippen molar-refractivity contribution in [3.05, 3.63) is 29.6 Å². The van der Waals surface area contributed by atoms with Crippen LogP contribution in [0.1, 0.15) is 6.42 Å². The molecule has 4 nitrogen and oxygen atoms in total. The molecule has 1 aliphatic heterocycles. The Morgan fingerprint density at radius 3 is 2.96 bits per heavy atom. The Labute approximate surface area is 148 Å². The molecule has 1 unspecified atom stereocenters. The molecule has 1 fully saturated rings. The Balaban J connectivity index is 1.58. The van der Waals surface area contributed by atoms with Gasteiger partial charge in [-0.05, 0) is 18.4 Å². The highest BCUT2D eigenvalue weighted by Gasteiger charge is 2.17. The summed E-state index contributed by atoms with van der Waals surface area (Å²) in [6, 6.07) is 8.58. The van der Waals surface area contributed by atoms with Gasteiger partial charge in [0.25, 0.3) is 0 Å². The molecule has 0 saturated carbocycles. The van der Waals surface area contributed by atoms with Crippen molar-refractivity contribution in [1.29, 1.82) is 0 Å². The molecule has 0 aliphatic carbocycles. The van der Waals surface area contributed by atoms with Gasteiger partial charge in [-0.2, -0.15) is 11.8 Å². The van der Waals surface area contributed by atoms with Crippen LogP contribution in [0.25, 0.3) is 11.3 Å². The molecular weight excluding hydrogens is 346 g/mol. The summed E-state index contributed by atoms with van der Waals surface area (Å²) >= 11 is 5.09. The van der Waals surface area contributed by atoms with Crippen molar-refractivity contribution in [2.24, 2.45) is 0 Å². The largest absolute Gasteiger partial charge is 0.312 e. The molecule has 1 aromatic heterocycles. The van der Waals surface area contributed by atoms with Crippen molar-refractivity contribution in [3.63, 3.8) is 0 Å². The summed E-state index contributed by atoms with van der Waals surface area (Å²) in [5.74, 6) is 2.16. The number of rotatable bonds is 5. The minimum atomic E-state index is 0.0311. The number of hydrogen-bond donors (Lipinski definition) is 2. The van der Waals surface area contributed by atoms with Gasteiger partial charge in [0.1, 0.15) is 0 Å². The van der Waals surface area contributed by atoms with Gasteiger partial charge in [-0.3, -0.25) is 4.79 Å². The van der Waals surface area contributed by atoms with E-state index in [0.29, 0.717) is 11.6 Å². The van der Waals surface area contributed by atoms with Crippen molar-refractivity contribution < 1.29 is 4.79 Å². The number of aromatic nitrogens is 1. The van der Waals surface area contributed by atoms with Gasteiger partial charge in [0.2, 0.25) is 5.91 Å². The van der Waals surface area contributed by atoms with Gasteiger partial charge >= 0.3 is 0 Å². The Morgan fingerprint density at radius 1 is 1.43 bits per heavy atom. The van der Waals surface area contributed by atoms with Crippen LogP contribution in [0.4, 0.5) is 5.13 Å². The number of nitrogens with one attached hydrogen (secondary N) is 2. The summed E-state index contributed by atoms with van der Waals surface area (Å²) < 4.78 is 0. The summed E-state index contributed by atoms with van der Waals surface area (Å²) in [5, 5.41) is 8.95. The predicted octanol–water partition coefficient (Wildman–Crippen LogP) is 3.57. The third-order valence-corrected chi connectivity index (χ3v) is 6.20.